The van der Waals surface area contributed by atoms with Crippen molar-refractivity contribution in [2.75, 3.05) is 44.2 Å². The molecule has 0 aliphatic carbocycles. The number of carbonyl (C=O) groups excluding carboxylic acids is 1. The van der Waals surface area contributed by atoms with E-state index in [9.17, 15) is 10.1 Å². The summed E-state index contributed by atoms with van der Waals surface area (Å²) in [5.74, 6) is 1.40. The lowest BCUT2D eigenvalue weighted by molar-refractivity contribution is -0.136. The predicted molar refractivity (Wildman–Crippen MR) is 104 cm³/mol. The SMILES string of the molecule is N#Cc1cccnc1N1CCC(N2CCCC(C(=O)N3CCCC3)C2)CC1. The summed E-state index contributed by atoms with van der Waals surface area (Å²) in [6, 6.07) is 6.46. The Labute approximate surface area is 161 Å². The molecule has 3 fully saturated rings. The number of anilines is 1. The molecule has 0 N–H and O–H groups in total. The first-order valence-corrected chi connectivity index (χ1v) is 10.4. The average molecular weight is 367 g/mol. The largest absolute Gasteiger partial charge is 0.355 e. The maximum Gasteiger partial charge on any atom is 0.226 e. The monoisotopic (exact) mass is 367 g/mol. The van der Waals surface area contributed by atoms with Gasteiger partial charge in [-0.2, -0.15) is 5.26 Å². The minimum Gasteiger partial charge on any atom is -0.355 e. The van der Waals surface area contributed by atoms with E-state index in [0.29, 0.717) is 17.5 Å². The van der Waals surface area contributed by atoms with E-state index >= 15 is 0 Å². The third-order valence-corrected chi connectivity index (χ3v) is 6.41. The van der Waals surface area contributed by atoms with Gasteiger partial charge in [0, 0.05) is 45.0 Å². The highest BCUT2D eigenvalue weighted by Gasteiger charge is 2.34. The Hall–Kier alpha value is -2.13. The van der Waals surface area contributed by atoms with Crippen LogP contribution in [0.1, 0.15) is 44.1 Å². The van der Waals surface area contributed by atoms with E-state index in [2.05, 4.69) is 25.8 Å². The maximum atomic E-state index is 12.8. The molecule has 4 rings (SSSR count). The van der Waals surface area contributed by atoms with Gasteiger partial charge in [-0.05, 0) is 57.2 Å². The quantitative estimate of drug-likeness (QED) is 0.820. The third-order valence-electron chi connectivity index (χ3n) is 6.41. The maximum absolute atomic E-state index is 12.8. The van der Waals surface area contributed by atoms with Crippen LogP contribution in [0.3, 0.4) is 0 Å². The van der Waals surface area contributed by atoms with Crippen LogP contribution in [-0.4, -0.2) is 66.0 Å². The Bertz CT molecular complexity index is 701. The summed E-state index contributed by atoms with van der Waals surface area (Å²) in [7, 11) is 0. The smallest absolute Gasteiger partial charge is 0.226 e. The first kappa shape index (κ1) is 18.2. The van der Waals surface area contributed by atoms with E-state index in [1.807, 2.05) is 12.1 Å². The Morgan fingerprint density at radius 3 is 2.59 bits per heavy atom. The summed E-state index contributed by atoms with van der Waals surface area (Å²) in [5, 5.41) is 9.32. The molecule has 1 amide bonds. The first-order valence-electron chi connectivity index (χ1n) is 10.4. The lowest BCUT2D eigenvalue weighted by atomic mass is 9.93. The van der Waals surface area contributed by atoms with Crippen molar-refractivity contribution in [1.29, 1.82) is 5.26 Å². The Kier molecular flexibility index (Phi) is 5.58. The lowest BCUT2D eigenvalue weighted by Crippen LogP contribution is -2.51. The summed E-state index contributed by atoms with van der Waals surface area (Å²) in [5.41, 5.74) is 0.658. The molecule has 6 heteroatoms. The fourth-order valence-corrected chi connectivity index (χ4v) is 4.91. The number of amides is 1. The zero-order valence-corrected chi connectivity index (χ0v) is 16.0. The molecule has 3 saturated heterocycles. The molecule has 1 aromatic heterocycles. The molecule has 6 nitrogen and oxygen atoms in total. The number of nitriles is 1. The van der Waals surface area contributed by atoms with Gasteiger partial charge in [-0.1, -0.05) is 0 Å². The summed E-state index contributed by atoms with van der Waals surface area (Å²) in [4.78, 5) is 24.1. The summed E-state index contributed by atoms with van der Waals surface area (Å²) < 4.78 is 0. The van der Waals surface area contributed by atoms with Gasteiger partial charge in [0.1, 0.15) is 11.9 Å². The summed E-state index contributed by atoms with van der Waals surface area (Å²) in [6.07, 6.45) is 8.42. The predicted octanol–water partition coefficient (Wildman–Crippen LogP) is 2.26. The summed E-state index contributed by atoms with van der Waals surface area (Å²) in [6.45, 7) is 5.81. The van der Waals surface area contributed by atoms with E-state index in [1.165, 1.54) is 12.8 Å². The van der Waals surface area contributed by atoms with Gasteiger partial charge >= 0.3 is 0 Å². The topological polar surface area (TPSA) is 63.5 Å². The van der Waals surface area contributed by atoms with Gasteiger partial charge in [0.2, 0.25) is 5.91 Å². The molecule has 1 aromatic rings. The second-order valence-corrected chi connectivity index (χ2v) is 8.07. The van der Waals surface area contributed by atoms with E-state index < -0.39 is 0 Å². The standard InChI is InChI=1S/C21H29N5O/c22-15-17-5-3-9-23-20(17)24-13-7-19(8-14-24)26-12-4-6-18(16-26)21(27)25-10-1-2-11-25/h3,5,9,18-19H,1-2,4,6-8,10-14,16H2. The lowest BCUT2D eigenvalue weighted by Gasteiger charge is -2.42. The zero-order chi connectivity index (χ0) is 18.6. The number of aromatic nitrogens is 1. The van der Waals surface area contributed by atoms with Crippen molar-refractivity contribution in [3.05, 3.63) is 23.9 Å². The van der Waals surface area contributed by atoms with Crippen LogP contribution in [-0.2, 0) is 4.79 Å². The number of nitrogens with zero attached hydrogens (tertiary/aromatic N) is 5. The van der Waals surface area contributed by atoms with Crippen LogP contribution in [0.4, 0.5) is 5.82 Å². The Morgan fingerprint density at radius 1 is 1.07 bits per heavy atom. The van der Waals surface area contributed by atoms with E-state index in [-0.39, 0.29) is 5.92 Å². The molecule has 27 heavy (non-hydrogen) atoms. The second kappa shape index (κ2) is 8.26. The van der Waals surface area contributed by atoms with Crippen LogP contribution < -0.4 is 4.90 Å². The number of rotatable bonds is 3. The van der Waals surface area contributed by atoms with Crippen molar-refractivity contribution in [2.24, 2.45) is 5.92 Å². The number of carbonyl (C=O) groups is 1. The van der Waals surface area contributed by atoms with Crippen LogP contribution in [0.15, 0.2) is 18.3 Å². The van der Waals surface area contributed by atoms with Gasteiger partial charge < -0.3 is 9.80 Å². The number of hydrogen-bond acceptors (Lipinski definition) is 5. The highest BCUT2D eigenvalue weighted by molar-refractivity contribution is 5.79. The number of likely N-dealkylation sites (tertiary alicyclic amines) is 2. The molecule has 3 aliphatic heterocycles. The highest BCUT2D eigenvalue weighted by Crippen LogP contribution is 2.28. The van der Waals surface area contributed by atoms with Crippen molar-refractivity contribution >= 4 is 11.7 Å². The van der Waals surface area contributed by atoms with Gasteiger partial charge in [0.25, 0.3) is 0 Å². The van der Waals surface area contributed by atoms with Gasteiger partial charge in [-0.3, -0.25) is 9.69 Å². The van der Waals surface area contributed by atoms with Gasteiger partial charge in [-0.25, -0.2) is 4.98 Å². The molecule has 0 spiro atoms. The zero-order valence-electron chi connectivity index (χ0n) is 16.0. The Balaban J connectivity index is 1.34. The first-order chi connectivity index (χ1) is 13.3. The number of pyridine rings is 1. The molecule has 144 valence electrons. The number of hydrogen-bond donors (Lipinski definition) is 0. The van der Waals surface area contributed by atoms with Crippen LogP contribution in [0, 0.1) is 17.2 Å². The van der Waals surface area contributed by atoms with Crippen LogP contribution in [0.25, 0.3) is 0 Å². The van der Waals surface area contributed by atoms with Crippen molar-refractivity contribution in [1.82, 2.24) is 14.8 Å². The Morgan fingerprint density at radius 2 is 1.85 bits per heavy atom. The fraction of sp³-hybridized carbons (Fsp3) is 0.667. The normalized spacial score (nSPS) is 24.8. The van der Waals surface area contributed by atoms with Crippen molar-refractivity contribution < 1.29 is 4.79 Å². The number of piperidine rings is 2. The molecule has 3 aliphatic rings. The minimum atomic E-state index is 0.191. The average Bonchev–Trinajstić information content (AvgIpc) is 3.28. The summed E-state index contributed by atoms with van der Waals surface area (Å²) >= 11 is 0. The minimum absolute atomic E-state index is 0.191. The van der Waals surface area contributed by atoms with Crippen molar-refractivity contribution in [3.8, 4) is 6.07 Å². The van der Waals surface area contributed by atoms with Crippen LogP contribution >= 0.6 is 0 Å². The van der Waals surface area contributed by atoms with Gasteiger partial charge in [0.05, 0.1) is 11.5 Å². The molecule has 0 saturated carbocycles. The van der Waals surface area contributed by atoms with Gasteiger partial charge in [-0.15, -0.1) is 0 Å². The van der Waals surface area contributed by atoms with E-state index in [1.54, 1.807) is 6.20 Å². The highest BCUT2D eigenvalue weighted by atomic mass is 16.2. The third kappa shape index (κ3) is 3.93. The molecular formula is C21H29N5O. The van der Waals surface area contributed by atoms with Crippen LogP contribution in [0.2, 0.25) is 0 Å². The van der Waals surface area contributed by atoms with E-state index in [4.69, 9.17) is 0 Å². The second-order valence-electron chi connectivity index (χ2n) is 8.07. The molecule has 0 aromatic carbocycles. The molecule has 1 unspecified atom stereocenters. The fourth-order valence-electron chi connectivity index (χ4n) is 4.91. The molecular weight excluding hydrogens is 338 g/mol. The molecule has 4 heterocycles. The van der Waals surface area contributed by atoms with Gasteiger partial charge in [0.15, 0.2) is 0 Å². The van der Waals surface area contributed by atoms with Crippen LogP contribution in [0.5, 0.6) is 0 Å². The molecule has 0 radical (unpaired) electrons. The van der Waals surface area contributed by atoms with Crippen molar-refractivity contribution in [2.45, 2.75) is 44.6 Å². The van der Waals surface area contributed by atoms with E-state index in [0.717, 1.165) is 70.8 Å². The molecule has 1 atom stereocenters. The van der Waals surface area contributed by atoms with Crippen molar-refractivity contribution in [3.63, 3.8) is 0 Å². The molecule has 0 bridgehead atoms.